The van der Waals surface area contributed by atoms with Gasteiger partial charge in [0.1, 0.15) is 11.6 Å². The molecule has 2 rings (SSSR count). The van der Waals surface area contributed by atoms with Gasteiger partial charge >= 0.3 is 0 Å². The third-order valence-corrected chi connectivity index (χ3v) is 2.31. The molecule has 0 amide bonds. The highest BCUT2D eigenvalue weighted by atomic mass is 16.1. The number of Topliss-reactive ketones (excluding diaryl/α,β-unsaturated/α-hetero) is 1. The fourth-order valence-corrected chi connectivity index (χ4v) is 1.62. The van der Waals surface area contributed by atoms with E-state index in [1.54, 1.807) is 6.92 Å². The number of aromatic nitrogens is 3. The molecular weight excluding hydrogens is 190 g/mol. The topological polar surface area (TPSA) is 47.3 Å². The molecule has 0 saturated carbocycles. The molecule has 0 radical (unpaired) electrons. The first-order valence-corrected chi connectivity index (χ1v) is 5.02. The van der Waals surface area contributed by atoms with E-state index >= 15 is 0 Å². The molecule has 78 valence electrons. The predicted octanol–water partition coefficient (Wildman–Crippen LogP) is 1.42. The van der Waals surface area contributed by atoms with E-state index in [2.05, 4.69) is 10.2 Å². The van der Waals surface area contributed by atoms with Gasteiger partial charge in [-0.15, -0.1) is 10.2 Å². The summed E-state index contributed by atoms with van der Waals surface area (Å²) < 4.78 is 1.95. The van der Waals surface area contributed by atoms with Crippen LogP contribution < -0.4 is 0 Å². The van der Waals surface area contributed by atoms with Gasteiger partial charge in [0, 0.05) is 19.0 Å². The van der Waals surface area contributed by atoms with Gasteiger partial charge in [-0.2, -0.15) is 0 Å². The molecular formula is C11H13N3O. The first kappa shape index (κ1) is 9.83. The lowest BCUT2D eigenvalue weighted by atomic mass is 10.1. The zero-order valence-corrected chi connectivity index (χ0v) is 8.90. The van der Waals surface area contributed by atoms with Crippen molar-refractivity contribution in [3.05, 3.63) is 29.7 Å². The number of aryl methyl sites for hydroxylation is 1. The van der Waals surface area contributed by atoms with Crippen LogP contribution in [-0.2, 0) is 17.6 Å². The Hall–Kier alpha value is -1.71. The molecule has 0 bridgehead atoms. The van der Waals surface area contributed by atoms with Gasteiger partial charge < -0.3 is 0 Å². The second-order valence-corrected chi connectivity index (χ2v) is 3.61. The predicted molar refractivity (Wildman–Crippen MR) is 56.8 cm³/mol. The molecule has 0 atom stereocenters. The fraction of sp³-hybridized carbons (Fsp3) is 0.364. The van der Waals surface area contributed by atoms with Gasteiger partial charge in [-0.25, -0.2) is 0 Å². The fourth-order valence-electron chi connectivity index (χ4n) is 1.62. The number of carbonyl (C=O) groups is 1. The van der Waals surface area contributed by atoms with Gasteiger partial charge in [0.05, 0.1) is 0 Å². The van der Waals surface area contributed by atoms with Crippen molar-refractivity contribution in [1.29, 1.82) is 0 Å². The van der Waals surface area contributed by atoms with Crippen LogP contribution in [0.4, 0.5) is 0 Å². The minimum absolute atomic E-state index is 0.162. The van der Waals surface area contributed by atoms with Crippen molar-refractivity contribution >= 4 is 11.4 Å². The van der Waals surface area contributed by atoms with E-state index in [4.69, 9.17) is 0 Å². The van der Waals surface area contributed by atoms with Crippen molar-refractivity contribution in [2.75, 3.05) is 0 Å². The van der Waals surface area contributed by atoms with Crippen LogP contribution in [0.15, 0.2) is 18.3 Å². The van der Waals surface area contributed by atoms with Crippen molar-refractivity contribution < 1.29 is 4.79 Å². The molecule has 2 aromatic rings. The summed E-state index contributed by atoms with van der Waals surface area (Å²) in [6.45, 7) is 3.63. The van der Waals surface area contributed by atoms with Gasteiger partial charge in [0.2, 0.25) is 0 Å². The SMILES string of the molecule is CCc1nnc2cc(CC(C)=O)ccn12. The van der Waals surface area contributed by atoms with E-state index in [0.29, 0.717) is 6.42 Å². The number of pyridine rings is 1. The molecule has 2 heterocycles. The van der Waals surface area contributed by atoms with E-state index in [1.165, 1.54) is 0 Å². The van der Waals surface area contributed by atoms with Crippen molar-refractivity contribution in [1.82, 2.24) is 14.6 Å². The van der Waals surface area contributed by atoms with E-state index in [0.717, 1.165) is 23.5 Å². The average molecular weight is 203 g/mol. The molecule has 4 nitrogen and oxygen atoms in total. The summed E-state index contributed by atoms with van der Waals surface area (Å²) in [4.78, 5) is 11.0. The van der Waals surface area contributed by atoms with Crippen LogP contribution in [0.5, 0.6) is 0 Å². The first-order chi connectivity index (χ1) is 7.20. The Balaban J connectivity index is 2.44. The Kier molecular flexibility index (Phi) is 2.49. The Morgan fingerprint density at radius 1 is 1.47 bits per heavy atom. The summed E-state index contributed by atoms with van der Waals surface area (Å²) in [6, 6.07) is 3.85. The zero-order valence-electron chi connectivity index (χ0n) is 8.90. The van der Waals surface area contributed by atoms with Crippen molar-refractivity contribution in [3.8, 4) is 0 Å². The van der Waals surface area contributed by atoms with E-state index in [-0.39, 0.29) is 5.78 Å². The van der Waals surface area contributed by atoms with Crippen LogP contribution in [0.2, 0.25) is 0 Å². The molecule has 0 saturated heterocycles. The molecule has 0 N–H and O–H groups in total. The number of fused-ring (bicyclic) bond motifs is 1. The Labute approximate surface area is 87.9 Å². The number of carbonyl (C=O) groups excluding carboxylic acids is 1. The third-order valence-electron chi connectivity index (χ3n) is 2.31. The molecule has 0 aliphatic rings. The molecule has 2 aromatic heterocycles. The van der Waals surface area contributed by atoms with Gasteiger partial charge in [-0.1, -0.05) is 6.92 Å². The lowest BCUT2D eigenvalue weighted by Gasteiger charge is -1.99. The van der Waals surface area contributed by atoms with Gasteiger partial charge in [-0.3, -0.25) is 9.20 Å². The number of ketones is 1. The molecule has 0 aromatic carbocycles. The standard InChI is InChI=1S/C11H13N3O/c1-3-10-12-13-11-7-9(6-8(2)15)4-5-14(10)11/h4-5,7H,3,6H2,1-2H3. The summed E-state index contributed by atoms with van der Waals surface area (Å²) in [7, 11) is 0. The summed E-state index contributed by atoms with van der Waals surface area (Å²) >= 11 is 0. The smallest absolute Gasteiger partial charge is 0.161 e. The Bertz CT molecular complexity index is 502. The quantitative estimate of drug-likeness (QED) is 0.758. The maximum atomic E-state index is 11.0. The van der Waals surface area contributed by atoms with Gasteiger partial charge in [0.25, 0.3) is 0 Å². The van der Waals surface area contributed by atoms with Crippen LogP contribution in [0.1, 0.15) is 25.2 Å². The normalized spacial score (nSPS) is 10.8. The molecule has 0 aliphatic carbocycles. The highest BCUT2D eigenvalue weighted by Gasteiger charge is 2.04. The van der Waals surface area contributed by atoms with Gasteiger partial charge in [-0.05, 0) is 24.6 Å². The maximum absolute atomic E-state index is 11.0. The summed E-state index contributed by atoms with van der Waals surface area (Å²) in [6.07, 6.45) is 3.24. The van der Waals surface area contributed by atoms with Crippen molar-refractivity contribution in [2.45, 2.75) is 26.7 Å². The highest BCUT2D eigenvalue weighted by molar-refractivity contribution is 5.78. The monoisotopic (exact) mass is 203 g/mol. The first-order valence-electron chi connectivity index (χ1n) is 5.02. The third kappa shape index (κ3) is 1.88. The van der Waals surface area contributed by atoms with E-state index in [1.807, 2.05) is 29.7 Å². The highest BCUT2D eigenvalue weighted by Crippen LogP contribution is 2.08. The van der Waals surface area contributed by atoms with Crippen LogP contribution in [0, 0.1) is 0 Å². The van der Waals surface area contributed by atoms with Crippen LogP contribution in [-0.4, -0.2) is 20.4 Å². The number of rotatable bonds is 3. The number of hydrogen-bond donors (Lipinski definition) is 0. The average Bonchev–Trinajstić information content (AvgIpc) is 2.58. The summed E-state index contributed by atoms with van der Waals surface area (Å²) in [5, 5.41) is 8.12. The molecule has 0 aliphatic heterocycles. The molecule has 0 spiro atoms. The van der Waals surface area contributed by atoms with Crippen molar-refractivity contribution in [3.63, 3.8) is 0 Å². The van der Waals surface area contributed by atoms with E-state index < -0.39 is 0 Å². The van der Waals surface area contributed by atoms with Gasteiger partial charge in [0.15, 0.2) is 5.65 Å². The van der Waals surface area contributed by atoms with Crippen LogP contribution in [0.25, 0.3) is 5.65 Å². The Morgan fingerprint density at radius 2 is 2.27 bits per heavy atom. The Morgan fingerprint density at radius 3 is 2.93 bits per heavy atom. The maximum Gasteiger partial charge on any atom is 0.161 e. The molecule has 4 heteroatoms. The summed E-state index contributed by atoms with van der Waals surface area (Å²) in [5.74, 6) is 1.11. The minimum Gasteiger partial charge on any atom is -0.300 e. The minimum atomic E-state index is 0.162. The zero-order chi connectivity index (χ0) is 10.8. The largest absolute Gasteiger partial charge is 0.300 e. The second-order valence-electron chi connectivity index (χ2n) is 3.61. The summed E-state index contributed by atoms with van der Waals surface area (Å²) in [5.41, 5.74) is 1.80. The number of nitrogens with zero attached hydrogens (tertiary/aromatic N) is 3. The van der Waals surface area contributed by atoms with Crippen molar-refractivity contribution in [2.24, 2.45) is 0 Å². The lowest BCUT2D eigenvalue weighted by Crippen LogP contribution is -1.98. The van der Waals surface area contributed by atoms with Crippen LogP contribution in [0.3, 0.4) is 0 Å². The molecule has 0 fully saturated rings. The van der Waals surface area contributed by atoms with E-state index in [9.17, 15) is 4.79 Å². The molecule has 15 heavy (non-hydrogen) atoms. The number of hydrogen-bond acceptors (Lipinski definition) is 3. The lowest BCUT2D eigenvalue weighted by molar-refractivity contribution is -0.116. The molecule has 0 unspecified atom stereocenters. The van der Waals surface area contributed by atoms with Crippen LogP contribution >= 0.6 is 0 Å². The second kappa shape index (κ2) is 3.81.